The largest absolute Gasteiger partial charge is 0.299 e. The SMILES string of the molecule is CC(C)(C)c1cc2ccccc2n2ccnc12. The van der Waals surface area contributed by atoms with Crippen LogP contribution in [0.25, 0.3) is 16.6 Å². The monoisotopic (exact) mass is 224 g/mol. The molecule has 2 nitrogen and oxygen atoms in total. The van der Waals surface area contributed by atoms with Crippen molar-refractivity contribution in [3.8, 4) is 0 Å². The summed E-state index contributed by atoms with van der Waals surface area (Å²) in [6.07, 6.45) is 3.91. The zero-order valence-electron chi connectivity index (χ0n) is 10.4. The molecule has 3 aromatic rings. The van der Waals surface area contributed by atoms with Crippen LogP contribution in [0.4, 0.5) is 0 Å². The van der Waals surface area contributed by atoms with Crippen LogP contribution in [0.2, 0.25) is 0 Å². The summed E-state index contributed by atoms with van der Waals surface area (Å²) in [7, 11) is 0. The second kappa shape index (κ2) is 3.33. The highest BCUT2D eigenvalue weighted by Gasteiger charge is 2.19. The van der Waals surface area contributed by atoms with E-state index in [1.165, 1.54) is 16.5 Å². The van der Waals surface area contributed by atoms with E-state index in [1.54, 1.807) is 0 Å². The smallest absolute Gasteiger partial charge is 0.140 e. The van der Waals surface area contributed by atoms with Crippen LogP contribution in [0.15, 0.2) is 42.7 Å². The van der Waals surface area contributed by atoms with E-state index < -0.39 is 0 Å². The first kappa shape index (κ1) is 10.3. The summed E-state index contributed by atoms with van der Waals surface area (Å²) in [5.41, 5.74) is 3.68. The fourth-order valence-electron chi connectivity index (χ4n) is 2.30. The molecule has 0 atom stereocenters. The summed E-state index contributed by atoms with van der Waals surface area (Å²) >= 11 is 0. The fraction of sp³-hybridized carbons (Fsp3) is 0.267. The lowest BCUT2D eigenvalue weighted by molar-refractivity contribution is 0.593. The Morgan fingerprint density at radius 3 is 2.65 bits per heavy atom. The molecule has 0 amide bonds. The van der Waals surface area contributed by atoms with Crippen molar-refractivity contribution < 1.29 is 0 Å². The van der Waals surface area contributed by atoms with E-state index >= 15 is 0 Å². The van der Waals surface area contributed by atoms with Crippen molar-refractivity contribution in [1.29, 1.82) is 0 Å². The topological polar surface area (TPSA) is 17.3 Å². The normalized spacial score (nSPS) is 12.4. The van der Waals surface area contributed by atoms with Gasteiger partial charge in [0.25, 0.3) is 0 Å². The lowest BCUT2D eigenvalue weighted by atomic mass is 9.87. The molecule has 2 heterocycles. The number of nitrogens with zero attached hydrogens (tertiary/aromatic N) is 2. The number of para-hydroxylation sites is 1. The fourth-order valence-corrected chi connectivity index (χ4v) is 2.30. The van der Waals surface area contributed by atoms with Crippen molar-refractivity contribution in [1.82, 2.24) is 9.38 Å². The number of pyridine rings is 1. The van der Waals surface area contributed by atoms with Crippen molar-refractivity contribution in [2.75, 3.05) is 0 Å². The van der Waals surface area contributed by atoms with Crippen molar-refractivity contribution in [2.45, 2.75) is 26.2 Å². The molecule has 3 rings (SSSR count). The predicted octanol–water partition coefficient (Wildman–Crippen LogP) is 3.79. The third-order valence-electron chi connectivity index (χ3n) is 3.19. The highest BCUT2D eigenvalue weighted by molar-refractivity contribution is 5.84. The number of aromatic nitrogens is 2. The van der Waals surface area contributed by atoms with E-state index in [1.807, 2.05) is 12.4 Å². The van der Waals surface area contributed by atoms with Gasteiger partial charge in [-0.15, -0.1) is 0 Å². The van der Waals surface area contributed by atoms with Crippen LogP contribution in [0.5, 0.6) is 0 Å². The third-order valence-corrected chi connectivity index (χ3v) is 3.19. The third kappa shape index (κ3) is 1.52. The summed E-state index contributed by atoms with van der Waals surface area (Å²) in [5, 5.41) is 1.27. The van der Waals surface area contributed by atoms with Gasteiger partial charge in [-0.05, 0) is 22.9 Å². The molecular weight excluding hydrogens is 208 g/mol. The predicted molar refractivity (Wildman–Crippen MR) is 71.4 cm³/mol. The molecule has 17 heavy (non-hydrogen) atoms. The lowest BCUT2D eigenvalue weighted by Crippen LogP contribution is -2.13. The van der Waals surface area contributed by atoms with Crippen molar-refractivity contribution in [2.24, 2.45) is 0 Å². The van der Waals surface area contributed by atoms with Gasteiger partial charge in [0.1, 0.15) is 5.65 Å². The Morgan fingerprint density at radius 1 is 1.12 bits per heavy atom. The van der Waals surface area contributed by atoms with Gasteiger partial charge in [0.05, 0.1) is 5.52 Å². The van der Waals surface area contributed by atoms with Gasteiger partial charge in [-0.25, -0.2) is 4.98 Å². The molecule has 86 valence electrons. The molecule has 0 N–H and O–H groups in total. The molecule has 0 spiro atoms. The molecule has 0 aliphatic rings. The van der Waals surface area contributed by atoms with Gasteiger partial charge in [0.15, 0.2) is 0 Å². The summed E-state index contributed by atoms with van der Waals surface area (Å²) in [4.78, 5) is 4.50. The maximum Gasteiger partial charge on any atom is 0.140 e. The number of imidazole rings is 1. The number of benzene rings is 1. The van der Waals surface area contributed by atoms with Crippen LogP contribution in [0.3, 0.4) is 0 Å². The number of hydrogen-bond donors (Lipinski definition) is 0. The van der Waals surface area contributed by atoms with Crippen LogP contribution in [0.1, 0.15) is 26.3 Å². The zero-order valence-corrected chi connectivity index (χ0v) is 10.4. The Bertz CT molecular complexity index is 687. The maximum absolute atomic E-state index is 4.50. The van der Waals surface area contributed by atoms with E-state index in [2.05, 4.69) is 60.5 Å². The molecule has 2 aromatic heterocycles. The Kier molecular flexibility index (Phi) is 2.02. The van der Waals surface area contributed by atoms with Crippen LogP contribution in [0, 0.1) is 0 Å². The van der Waals surface area contributed by atoms with Crippen LogP contribution >= 0.6 is 0 Å². The highest BCUT2D eigenvalue weighted by Crippen LogP contribution is 2.29. The van der Waals surface area contributed by atoms with E-state index in [0.717, 1.165) is 5.65 Å². The van der Waals surface area contributed by atoms with E-state index in [9.17, 15) is 0 Å². The van der Waals surface area contributed by atoms with Gasteiger partial charge < -0.3 is 0 Å². The second-order valence-corrected chi connectivity index (χ2v) is 5.49. The minimum atomic E-state index is 0.108. The van der Waals surface area contributed by atoms with Crippen LogP contribution < -0.4 is 0 Å². The molecule has 0 radical (unpaired) electrons. The lowest BCUT2D eigenvalue weighted by Gasteiger charge is -2.20. The highest BCUT2D eigenvalue weighted by atomic mass is 15.0. The van der Waals surface area contributed by atoms with Crippen molar-refractivity contribution in [3.05, 3.63) is 48.3 Å². The van der Waals surface area contributed by atoms with Crippen LogP contribution in [-0.4, -0.2) is 9.38 Å². The first-order valence-corrected chi connectivity index (χ1v) is 5.93. The molecule has 0 saturated carbocycles. The summed E-state index contributed by atoms with van der Waals surface area (Å²) in [6, 6.07) is 10.7. The van der Waals surface area contributed by atoms with Gasteiger partial charge in [-0.2, -0.15) is 0 Å². The van der Waals surface area contributed by atoms with Crippen molar-refractivity contribution >= 4 is 16.6 Å². The van der Waals surface area contributed by atoms with Gasteiger partial charge in [0, 0.05) is 18.0 Å². The molecule has 0 bridgehead atoms. The first-order chi connectivity index (χ1) is 8.07. The Balaban J connectivity index is 2.53. The summed E-state index contributed by atoms with van der Waals surface area (Å²) in [5.74, 6) is 0. The van der Waals surface area contributed by atoms with E-state index in [-0.39, 0.29) is 5.41 Å². The van der Waals surface area contributed by atoms with Gasteiger partial charge in [-0.3, -0.25) is 4.40 Å². The minimum Gasteiger partial charge on any atom is -0.299 e. The Labute approximate surface area is 101 Å². The molecule has 1 aromatic carbocycles. The molecular formula is C15H16N2. The Hall–Kier alpha value is -1.83. The maximum atomic E-state index is 4.50. The average molecular weight is 224 g/mol. The summed E-state index contributed by atoms with van der Waals surface area (Å²) in [6.45, 7) is 6.68. The second-order valence-electron chi connectivity index (χ2n) is 5.49. The molecule has 0 aliphatic heterocycles. The number of rotatable bonds is 0. The van der Waals surface area contributed by atoms with Crippen LogP contribution in [-0.2, 0) is 5.41 Å². The zero-order chi connectivity index (χ0) is 12.0. The number of hydrogen-bond acceptors (Lipinski definition) is 1. The minimum absolute atomic E-state index is 0.108. The Morgan fingerprint density at radius 2 is 1.88 bits per heavy atom. The molecule has 0 aliphatic carbocycles. The molecule has 2 heteroatoms. The van der Waals surface area contributed by atoms with Gasteiger partial charge in [0.2, 0.25) is 0 Å². The molecule has 0 saturated heterocycles. The van der Waals surface area contributed by atoms with Crippen molar-refractivity contribution in [3.63, 3.8) is 0 Å². The van der Waals surface area contributed by atoms with E-state index in [4.69, 9.17) is 0 Å². The quantitative estimate of drug-likeness (QED) is 0.568. The molecule has 0 fully saturated rings. The molecule has 0 unspecified atom stereocenters. The average Bonchev–Trinajstić information content (AvgIpc) is 2.75. The summed E-state index contributed by atoms with van der Waals surface area (Å²) < 4.78 is 2.18. The van der Waals surface area contributed by atoms with E-state index in [0.29, 0.717) is 0 Å². The van der Waals surface area contributed by atoms with Gasteiger partial charge in [-0.1, -0.05) is 39.0 Å². The van der Waals surface area contributed by atoms with Gasteiger partial charge >= 0.3 is 0 Å². The first-order valence-electron chi connectivity index (χ1n) is 5.93. The number of fused-ring (bicyclic) bond motifs is 3. The standard InChI is InChI=1S/C15H16N2/c1-15(2,3)12-10-11-6-4-5-7-13(11)17-9-8-16-14(12)17/h4-10H,1-3H3.